The maximum Gasteiger partial charge on any atom is 0.221 e. The van der Waals surface area contributed by atoms with Gasteiger partial charge in [-0.2, -0.15) is 0 Å². The molecule has 0 aliphatic heterocycles. The van der Waals surface area contributed by atoms with E-state index in [0.29, 0.717) is 25.7 Å². The molecule has 0 heterocycles. The highest BCUT2D eigenvalue weighted by Gasteiger charge is 2.12. The lowest BCUT2D eigenvalue weighted by Crippen LogP contribution is -2.38. The highest BCUT2D eigenvalue weighted by atomic mass is 127. The van der Waals surface area contributed by atoms with Crippen molar-refractivity contribution in [2.75, 3.05) is 25.6 Å². The predicted octanol–water partition coefficient (Wildman–Crippen LogP) is 4.49. The second kappa shape index (κ2) is 13.7. The summed E-state index contributed by atoms with van der Waals surface area (Å²) in [4.78, 5) is 15.6. The number of ether oxygens (including phenoxy) is 2. The quantitative estimate of drug-likeness (QED) is 0.248. The number of nitrogens with one attached hydrogen (secondary N) is 3. The molecule has 0 aromatic heterocycles. The van der Waals surface area contributed by atoms with Crippen molar-refractivity contribution >= 4 is 41.5 Å². The summed E-state index contributed by atoms with van der Waals surface area (Å²) < 4.78 is 11.4. The van der Waals surface area contributed by atoms with Gasteiger partial charge in [-0.05, 0) is 56.2 Å². The Morgan fingerprint density at radius 2 is 1.77 bits per heavy atom. The van der Waals surface area contributed by atoms with Crippen LogP contribution in [0.5, 0.6) is 11.5 Å². The van der Waals surface area contributed by atoms with Crippen molar-refractivity contribution in [3.8, 4) is 11.5 Å². The fraction of sp³-hybridized carbons (Fsp3) is 0.391. The molecule has 170 valence electrons. The van der Waals surface area contributed by atoms with Gasteiger partial charge in [0.2, 0.25) is 5.91 Å². The summed E-state index contributed by atoms with van der Waals surface area (Å²) in [5.41, 5.74) is 2.88. The summed E-state index contributed by atoms with van der Waals surface area (Å²) in [6.07, 6.45) is 0. The third-order valence-electron chi connectivity index (χ3n) is 4.35. The Labute approximate surface area is 202 Å². The van der Waals surface area contributed by atoms with Crippen molar-refractivity contribution in [1.29, 1.82) is 0 Å². The molecule has 0 radical (unpaired) electrons. The fourth-order valence-electron chi connectivity index (χ4n) is 2.97. The largest absolute Gasteiger partial charge is 0.490 e. The monoisotopic (exact) mass is 540 g/mol. The van der Waals surface area contributed by atoms with Gasteiger partial charge in [0.1, 0.15) is 0 Å². The van der Waals surface area contributed by atoms with Crippen molar-refractivity contribution in [2.24, 2.45) is 4.99 Å². The van der Waals surface area contributed by atoms with Gasteiger partial charge in [0, 0.05) is 26.2 Å². The molecule has 0 aliphatic rings. The molecule has 8 heteroatoms. The summed E-state index contributed by atoms with van der Waals surface area (Å²) in [6, 6.07) is 13.7. The van der Waals surface area contributed by atoms with Crippen LogP contribution in [0.25, 0.3) is 0 Å². The zero-order valence-electron chi connectivity index (χ0n) is 18.8. The minimum Gasteiger partial charge on any atom is -0.490 e. The topological polar surface area (TPSA) is 84.0 Å². The maximum atomic E-state index is 11.2. The number of rotatable bonds is 9. The summed E-state index contributed by atoms with van der Waals surface area (Å²) >= 11 is 0. The number of carbonyl (C=O) groups excluding carboxylic acids is 1. The van der Waals surface area contributed by atoms with Crippen LogP contribution in [0.1, 0.15) is 44.9 Å². The number of carbonyl (C=O) groups is 1. The molecule has 2 aromatic carbocycles. The molecule has 1 amide bonds. The first-order valence-electron chi connectivity index (χ1n) is 10.2. The summed E-state index contributed by atoms with van der Waals surface area (Å²) in [5.74, 6) is 2.08. The van der Waals surface area contributed by atoms with Crippen molar-refractivity contribution in [2.45, 2.75) is 40.3 Å². The van der Waals surface area contributed by atoms with Gasteiger partial charge in [-0.1, -0.05) is 18.2 Å². The zero-order valence-corrected chi connectivity index (χ0v) is 21.2. The number of nitrogens with zero attached hydrogens (tertiary/aromatic N) is 1. The van der Waals surface area contributed by atoms with E-state index < -0.39 is 0 Å². The van der Waals surface area contributed by atoms with Gasteiger partial charge in [0.15, 0.2) is 17.5 Å². The molecule has 0 saturated carbocycles. The molecular formula is C23H33IN4O3. The molecule has 0 bridgehead atoms. The summed E-state index contributed by atoms with van der Waals surface area (Å²) in [6.45, 7) is 9.21. The molecule has 0 spiro atoms. The molecule has 3 N–H and O–H groups in total. The van der Waals surface area contributed by atoms with Gasteiger partial charge in [0.25, 0.3) is 0 Å². The van der Waals surface area contributed by atoms with Gasteiger partial charge in [0.05, 0.1) is 19.3 Å². The highest BCUT2D eigenvalue weighted by molar-refractivity contribution is 14.0. The van der Waals surface area contributed by atoms with Gasteiger partial charge in [-0.3, -0.25) is 9.79 Å². The number of halogens is 1. The molecule has 1 atom stereocenters. The third kappa shape index (κ3) is 8.64. The Morgan fingerprint density at radius 3 is 2.42 bits per heavy atom. The first-order chi connectivity index (χ1) is 14.5. The Morgan fingerprint density at radius 1 is 1.06 bits per heavy atom. The average molecular weight is 540 g/mol. The lowest BCUT2D eigenvalue weighted by atomic mass is 10.1. The number of anilines is 1. The highest BCUT2D eigenvalue weighted by Crippen LogP contribution is 2.30. The minimum atomic E-state index is -0.0896. The standard InChI is InChI=1S/C23H32N4O3.HI/c1-6-29-21-12-11-19(14-22(21)30-7-2)16(3)26-23(24-5)25-15-18-9-8-10-20(13-18)27-17(4)28;/h8-14,16H,6-7,15H2,1-5H3,(H,27,28)(H2,24,25,26);1H. The SMILES string of the molecule is CCOc1ccc(C(C)NC(=NC)NCc2cccc(NC(C)=O)c2)cc1OCC.I. The van der Waals surface area contributed by atoms with Crippen LogP contribution in [0, 0.1) is 0 Å². The normalized spacial score (nSPS) is 11.7. The number of amides is 1. The lowest BCUT2D eigenvalue weighted by molar-refractivity contribution is -0.114. The molecule has 2 rings (SSSR count). The molecule has 0 saturated heterocycles. The van der Waals surface area contributed by atoms with Gasteiger partial charge < -0.3 is 25.4 Å². The first-order valence-corrected chi connectivity index (χ1v) is 10.2. The van der Waals surface area contributed by atoms with Crippen LogP contribution in [-0.4, -0.2) is 32.1 Å². The van der Waals surface area contributed by atoms with E-state index >= 15 is 0 Å². The number of benzene rings is 2. The van der Waals surface area contributed by atoms with Crippen LogP contribution in [0.2, 0.25) is 0 Å². The van der Waals surface area contributed by atoms with Crippen molar-refractivity contribution in [3.63, 3.8) is 0 Å². The van der Waals surface area contributed by atoms with E-state index in [0.717, 1.165) is 28.3 Å². The van der Waals surface area contributed by atoms with Gasteiger partial charge in [-0.25, -0.2) is 0 Å². The fourth-order valence-corrected chi connectivity index (χ4v) is 2.97. The Balaban J connectivity index is 0.00000480. The van der Waals surface area contributed by atoms with Crippen molar-refractivity contribution in [1.82, 2.24) is 10.6 Å². The zero-order chi connectivity index (χ0) is 21.9. The second-order valence-electron chi connectivity index (χ2n) is 6.75. The van der Waals surface area contributed by atoms with E-state index in [1.807, 2.05) is 56.3 Å². The van der Waals surface area contributed by atoms with E-state index in [-0.39, 0.29) is 35.9 Å². The molecule has 0 fully saturated rings. The number of aliphatic imine (C=N–C) groups is 1. The summed E-state index contributed by atoms with van der Waals surface area (Å²) in [5, 5.41) is 9.50. The number of guanidine groups is 1. The number of hydrogen-bond donors (Lipinski definition) is 3. The molecule has 2 aromatic rings. The Kier molecular flexibility index (Phi) is 11.8. The lowest BCUT2D eigenvalue weighted by Gasteiger charge is -2.20. The van der Waals surface area contributed by atoms with Gasteiger partial charge >= 0.3 is 0 Å². The second-order valence-corrected chi connectivity index (χ2v) is 6.75. The van der Waals surface area contributed by atoms with Crippen molar-refractivity contribution < 1.29 is 14.3 Å². The molecule has 31 heavy (non-hydrogen) atoms. The van der Waals surface area contributed by atoms with E-state index in [1.165, 1.54) is 6.92 Å². The Hall–Kier alpha value is -2.49. The van der Waals surface area contributed by atoms with Crippen LogP contribution in [-0.2, 0) is 11.3 Å². The average Bonchev–Trinajstić information content (AvgIpc) is 2.72. The minimum absolute atomic E-state index is 0. The Bertz CT molecular complexity index is 874. The van der Waals surface area contributed by atoms with E-state index in [1.54, 1.807) is 7.05 Å². The number of hydrogen-bond acceptors (Lipinski definition) is 4. The van der Waals surface area contributed by atoms with Crippen LogP contribution in [0.4, 0.5) is 5.69 Å². The molecular weight excluding hydrogens is 507 g/mol. The third-order valence-corrected chi connectivity index (χ3v) is 4.35. The first kappa shape index (κ1) is 26.5. The van der Waals surface area contributed by atoms with Crippen LogP contribution in [0.3, 0.4) is 0 Å². The van der Waals surface area contributed by atoms with E-state index in [4.69, 9.17) is 9.47 Å². The molecule has 0 aliphatic carbocycles. The molecule has 7 nitrogen and oxygen atoms in total. The van der Waals surface area contributed by atoms with E-state index in [2.05, 4.69) is 27.9 Å². The summed E-state index contributed by atoms with van der Waals surface area (Å²) in [7, 11) is 1.74. The van der Waals surface area contributed by atoms with Crippen LogP contribution >= 0.6 is 24.0 Å². The molecule has 1 unspecified atom stereocenters. The van der Waals surface area contributed by atoms with Gasteiger partial charge in [-0.15, -0.1) is 24.0 Å². The van der Waals surface area contributed by atoms with E-state index in [9.17, 15) is 4.79 Å². The predicted molar refractivity (Wildman–Crippen MR) is 137 cm³/mol. The van der Waals surface area contributed by atoms with Crippen LogP contribution in [0.15, 0.2) is 47.5 Å². The van der Waals surface area contributed by atoms with Crippen molar-refractivity contribution in [3.05, 3.63) is 53.6 Å². The van der Waals surface area contributed by atoms with Crippen LogP contribution < -0.4 is 25.4 Å². The maximum absolute atomic E-state index is 11.2. The smallest absolute Gasteiger partial charge is 0.221 e.